The topological polar surface area (TPSA) is 106 Å². The number of aromatic nitrogens is 2. The van der Waals surface area contributed by atoms with Crippen LogP contribution in [-0.2, 0) is 26.8 Å². The minimum Gasteiger partial charge on any atom is -0.479 e. The van der Waals surface area contributed by atoms with Crippen LogP contribution in [0.2, 0.25) is 0 Å². The lowest BCUT2D eigenvalue weighted by Crippen LogP contribution is -1.87. The summed E-state index contributed by atoms with van der Waals surface area (Å²) >= 11 is 0. The van der Waals surface area contributed by atoms with Crippen LogP contribution in [0.5, 0.6) is 11.8 Å². The van der Waals surface area contributed by atoms with E-state index in [2.05, 4.69) is 10.3 Å². The van der Waals surface area contributed by atoms with Gasteiger partial charge in [-0.05, 0) is 10.3 Å². The van der Waals surface area contributed by atoms with Crippen LogP contribution in [0.4, 0.5) is 0 Å². The summed E-state index contributed by atoms with van der Waals surface area (Å²) < 4.78 is 40.7. The maximum absolute atomic E-state index is 11.5. The Hall–Kier alpha value is -1.96. The van der Waals surface area contributed by atoms with E-state index in [0.29, 0.717) is 23.3 Å². The van der Waals surface area contributed by atoms with Crippen LogP contribution < -0.4 is 9.47 Å². The smallest absolute Gasteiger partial charge is 0.479 e. The molecule has 0 radical (unpaired) electrons. The maximum atomic E-state index is 11.5. The lowest BCUT2D eigenvalue weighted by molar-refractivity contribution is 0.179. The molecule has 2 heterocycles. The number of hydrogen-bond acceptors (Lipinski definition) is 9. The van der Waals surface area contributed by atoms with Gasteiger partial charge in [0, 0.05) is 16.7 Å². The summed E-state index contributed by atoms with van der Waals surface area (Å²) in [6, 6.07) is 3.04. The van der Waals surface area contributed by atoms with Gasteiger partial charge in [-0.15, -0.1) is 9.05 Å². The Morgan fingerprint density at radius 2 is 1.45 bits per heavy atom. The lowest BCUT2D eigenvalue weighted by Gasteiger charge is -1.87. The van der Waals surface area contributed by atoms with E-state index in [-0.39, 0.29) is 13.2 Å². The highest BCUT2D eigenvalue weighted by Gasteiger charge is 2.23. The summed E-state index contributed by atoms with van der Waals surface area (Å²) in [5, 5.41) is 7.14. The van der Waals surface area contributed by atoms with Crippen LogP contribution in [0.15, 0.2) is 21.2 Å². The van der Waals surface area contributed by atoms with E-state index in [1.54, 1.807) is 0 Å². The molecular formula is C10H12N2O7P+. The van der Waals surface area contributed by atoms with Crippen molar-refractivity contribution >= 4 is 8.25 Å². The molecule has 0 atom stereocenters. The molecule has 20 heavy (non-hydrogen) atoms. The fourth-order valence-corrected chi connectivity index (χ4v) is 1.73. The van der Waals surface area contributed by atoms with Gasteiger partial charge in [0.2, 0.25) is 0 Å². The Morgan fingerprint density at radius 3 is 1.80 bits per heavy atom. The average Bonchev–Trinajstić information content (AvgIpc) is 3.11. The highest BCUT2D eigenvalue weighted by Crippen LogP contribution is 2.28. The third-order valence-corrected chi connectivity index (χ3v) is 2.80. The first-order valence-electron chi connectivity index (χ1n) is 5.43. The molecule has 0 aromatic carbocycles. The number of hydrogen-bond donors (Lipinski definition) is 0. The zero-order chi connectivity index (χ0) is 14.4. The van der Waals surface area contributed by atoms with Crippen molar-refractivity contribution < 1.29 is 32.1 Å². The molecule has 0 saturated heterocycles. The Labute approximate surface area is 114 Å². The lowest BCUT2D eigenvalue weighted by atomic mass is 10.5. The van der Waals surface area contributed by atoms with Gasteiger partial charge < -0.3 is 18.5 Å². The van der Waals surface area contributed by atoms with Crippen LogP contribution in [0.3, 0.4) is 0 Å². The van der Waals surface area contributed by atoms with Crippen molar-refractivity contribution in [2.45, 2.75) is 13.2 Å². The highest BCUT2D eigenvalue weighted by molar-refractivity contribution is 7.33. The molecule has 10 heteroatoms. The van der Waals surface area contributed by atoms with E-state index >= 15 is 0 Å². The fourth-order valence-electron chi connectivity index (χ4n) is 1.19. The third kappa shape index (κ3) is 4.02. The first kappa shape index (κ1) is 14.4. The van der Waals surface area contributed by atoms with Gasteiger partial charge in [-0.3, -0.25) is 0 Å². The van der Waals surface area contributed by atoms with Gasteiger partial charge in [-0.1, -0.05) is 0 Å². The number of nitrogens with zero attached hydrogens (tertiary/aromatic N) is 2. The second-order valence-electron chi connectivity index (χ2n) is 3.44. The summed E-state index contributed by atoms with van der Waals surface area (Å²) in [7, 11) is 0.587. The van der Waals surface area contributed by atoms with Crippen molar-refractivity contribution in [1.82, 2.24) is 10.3 Å². The number of rotatable bonds is 8. The molecule has 0 fully saturated rings. The monoisotopic (exact) mass is 303 g/mol. The van der Waals surface area contributed by atoms with E-state index in [1.807, 2.05) is 0 Å². The quantitative estimate of drug-likeness (QED) is 0.677. The van der Waals surface area contributed by atoms with E-state index < -0.39 is 8.25 Å². The van der Waals surface area contributed by atoms with Gasteiger partial charge in [-0.25, -0.2) is 0 Å². The predicted molar refractivity (Wildman–Crippen MR) is 63.3 cm³/mol. The maximum Gasteiger partial charge on any atom is 0.698 e. The van der Waals surface area contributed by atoms with Crippen LogP contribution in [0.1, 0.15) is 11.5 Å². The molecule has 0 N–H and O–H groups in total. The fraction of sp³-hybridized carbons (Fsp3) is 0.400. The summed E-state index contributed by atoms with van der Waals surface area (Å²) in [6.07, 6.45) is 0. The SMILES string of the molecule is COc1cc(CO[P+](=O)OCc2cc(OC)no2)on1. The molecule has 0 bridgehead atoms. The second kappa shape index (κ2) is 6.99. The van der Waals surface area contributed by atoms with Crippen molar-refractivity contribution in [3.05, 3.63) is 23.7 Å². The van der Waals surface area contributed by atoms with Gasteiger partial charge in [-0.2, -0.15) is 0 Å². The number of methoxy groups -OCH3 is 2. The van der Waals surface area contributed by atoms with Crippen molar-refractivity contribution in [1.29, 1.82) is 0 Å². The highest BCUT2D eigenvalue weighted by atomic mass is 31.1. The molecule has 0 aliphatic rings. The summed E-state index contributed by atoms with van der Waals surface area (Å²) in [6.45, 7) is -0.101. The van der Waals surface area contributed by atoms with Gasteiger partial charge in [0.05, 0.1) is 14.2 Å². The molecule has 2 aromatic heterocycles. The van der Waals surface area contributed by atoms with Crippen molar-refractivity contribution in [3.8, 4) is 11.8 Å². The van der Waals surface area contributed by atoms with Gasteiger partial charge in [0.25, 0.3) is 11.8 Å². The van der Waals surface area contributed by atoms with Crippen molar-refractivity contribution in [3.63, 3.8) is 0 Å². The van der Waals surface area contributed by atoms with Crippen LogP contribution >= 0.6 is 8.25 Å². The second-order valence-corrected chi connectivity index (χ2v) is 4.41. The zero-order valence-corrected chi connectivity index (χ0v) is 11.7. The largest absolute Gasteiger partial charge is 0.698 e. The molecule has 0 amide bonds. The average molecular weight is 303 g/mol. The number of ether oxygens (including phenoxy) is 2. The van der Waals surface area contributed by atoms with Crippen molar-refractivity contribution in [2.75, 3.05) is 14.2 Å². The van der Waals surface area contributed by atoms with Gasteiger partial charge in [0.15, 0.2) is 24.7 Å². The molecule has 0 aliphatic carbocycles. The van der Waals surface area contributed by atoms with E-state index in [4.69, 9.17) is 27.6 Å². The van der Waals surface area contributed by atoms with Crippen LogP contribution in [0.25, 0.3) is 0 Å². The third-order valence-electron chi connectivity index (χ3n) is 2.12. The predicted octanol–water partition coefficient (Wildman–Crippen LogP) is 2.07. The Kier molecular flexibility index (Phi) is 5.05. The molecule has 0 aliphatic heterocycles. The van der Waals surface area contributed by atoms with E-state index in [1.165, 1.54) is 26.4 Å². The minimum atomic E-state index is -2.33. The molecule has 2 rings (SSSR count). The van der Waals surface area contributed by atoms with Crippen LogP contribution in [-0.4, -0.2) is 24.5 Å². The normalized spacial score (nSPS) is 10.5. The standard InChI is InChI=1S/C10H12N2O7P/c1-14-9-3-7(18-11-9)5-16-20(13)17-6-8-4-10(15-2)12-19-8/h3-4H,5-6H2,1-2H3/q+1. The first-order chi connectivity index (χ1) is 9.71. The van der Waals surface area contributed by atoms with Gasteiger partial charge in [0.1, 0.15) is 0 Å². The van der Waals surface area contributed by atoms with Crippen LogP contribution in [0, 0.1) is 0 Å². The minimum absolute atomic E-state index is 0.0503. The Balaban J connectivity index is 1.72. The summed E-state index contributed by atoms with van der Waals surface area (Å²) in [4.78, 5) is 0. The molecule has 0 saturated carbocycles. The van der Waals surface area contributed by atoms with Gasteiger partial charge >= 0.3 is 8.25 Å². The first-order valence-corrected chi connectivity index (χ1v) is 6.53. The Bertz CT molecular complexity index is 519. The summed E-state index contributed by atoms with van der Waals surface area (Å²) in [5.74, 6) is 1.37. The molecule has 9 nitrogen and oxygen atoms in total. The zero-order valence-electron chi connectivity index (χ0n) is 10.8. The van der Waals surface area contributed by atoms with E-state index in [0.717, 1.165) is 0 Å². The molecule has 0 unspecified atom stereocenters. The Morgan fingerprint density at radius 1 is 1.00 bits per heavy atom. The van der Waals surface area contributed by atoms with E-state index in [9.17, 15) is 4.57 Å². The molecule has 108 valence electrons. The molecule has 2 aromatic rings. The van der Waals surface area contributed by atoms with Crippen molar-refractivity contribution in [2.24, 2.45) is 0 Å². The molecule has 0 spiro atoms. The molecular weight excluding hydrogens is 291 g/mol. The summed E-state index contributed by atoms with van der Waals surface area (Å²) in [5.41, 5.74) is 0.